The van der Waals surface area contributed by atoms with Crippen LogP contribution in [0.3, 0.4) is 0 Å². The standard InChI is InChI=1S/C9H13F2N2O12P3S2/c10-3-1-13(9(30)12-7(3)29)8-6(14)5(11)4(23-8)2-22-27(18,19)25-28(20,21)24-26(15,16)17/h1,4-6,8,14H,2H2,(H,18,19)(H,20,21)(H,12,29,30)(H2,15,16,17)/t4-,5+,6+,8-/m1/s1. The molecule has 1 aromatic heterocycles. The van der Waals surface area contributed by atoms with E-state index in [0.29, 0.717) is 0 Å². The topological polar surface area (TPSA) is 210 Å². The SMILES string of the molecule is O=P(O)(O)OP(=O)(O)OP(=O)(O)OC[C@H]1O[C@@H](n2cc(F)c(=S)[nH]c2=S)[C@@H](O)[C@H]1F. The maximum Gasteiger partial charge on any atom is 0.490 e. The van der Waals surface area contributed by atoms with Crippen molar-refractivity contribution in [1.29, 1.82) is 0 Å². The highest BCUT2D eigenvalue weighted by Crippen LogP contribution is 2.66. The summed E-state index contributed by atoms with van der Waals surface area (Å²) in [5, 5.41) is 9.97. The lowest BCUT2D eigenvalue weighted by atomic mass is 10.1. The molecule has 14 nitrogen and oxygen atoms in total. The molecule has 6 atom stereocenters. The van der Waals surface area contributed by atoms with E-state index in [1.54, 1.807) is 0 Å². The normalized spacial score (nSPS) is 28.8. The molecule has 0 saturated carbocycles. The second-order valence-corrected chi connectivity index (χ2v) is 10.7. The molecule has 2 rings (SSSR count). The van der Waals surface area contributed by atoms with E-state index >= 15 is 0 Å². The van der Waals surface area contributed by atoms with Crippen molar-refractivity contribution in [3.8, 4) is 0 Å². The van der Waals surface area contributed by atoms with E-state index in [1.807, 2.05) is 0 Å². The van der Waals surface area contributed by atoms with E-state index in [2.05, 4.69) is 30.3 Å². The zero-order chi connectivity index (χ0) is 23.1. The molecule has 1 aromatic rings. The van der Waals surface area contributed by atoms with Gasteiger partial charge in [-0.25, -0.2) is 22.5 Å². The first-order chi connectivity index (χ1) is 13.5. The number of halogens is 2. The maximum absolute atomic E-state index is 14.3. The number of hydrogen-bond donors (Lipinski definition) is 6. The van der Waals surface area contributed by atoms with Gasteiger partial charge in [-0.05, 0) is 12.2 Å². The molecule has 1 fully saturated rings. The number of ether oxygens (including phenoxy) is 1. The van der Waals surface area contributed by atoms with Crippen LogP contribution in [0.15, 0.2) is 6.20 Å². The number of aliphatic hydroxyl groups excluding tert-OH is 1. The van der Waals surface area contributed by atoms with Crippen LogP contribution in [-0.2, 0) is 31.6 Å². The number of phosphoric acid groups is 3. The molecular weight excluding hydrogens is 523 g/mol. The minimum Gasteiger partial charge on any atom is -0.385 e. The van der Waals surface area contributed by atoms with Gasteiger partial charge in [-0.2, -0.15) is 8.62 Å². The van der Waals surface area contributed by atoms with Crippen LogP contribution >= 0.6 is 47.9 Å². The van der Waals surface area contributed by atoms with Gasteiger partial charge < -0.3 is 34.4 Å². The number of nitrogens with one attached hydrogen (secondary N) is 1. The Bertz CT molecular complexity index is 1060. The molecule has 0 aliphatic carbocycles. The molecule has 172 valence electrons. The van der Waals surface area contributed by atoms with Crippen molar-refractivity contribution in [2.75, 3.05) is 6.61 Å². The monoisotopic (exact) mass is 536 g/mol. The summed E-state index contributed by atoms with van der Waals surface area (Å²) in [5.41, 5.74) is 0. The minimum atomic E-state index is -5.76. The van der Waals surface area contributed by atoms with E-state index in [0.717, 1.165) is 10.8 Å². The van der Waals surface area contributed by atoms with Crippen LogP contribution in [0, 0.1) is 15.2 Å². The fourth-order valence-corrected chi connectivity index (χ4v) is 5.70. The van der Waals surface area contributed by atoms with Gasteiger partial charge in [-0.3, -0.25) is 9.09 Å². The van der Waals surface area contributed by atoms with Gasteiger partial charge >= 0.3 is 23.5 Å². The van der Waals surface area contributed by atoms with E-state index in [9.17, 15) is 32.5 Å². The molecule has 2 unspecified atom stereocenters. The number of alkyl halides is 1. The molecule has 30 heavy (non-hydrogen) atoms. The summed E-state index contributed by atoms with van der Waals surface area (Å²) >= 11 is 9.51. The van der Waals surface area contributed by atoms with E-state index in [1.165, 1.54) is 0 Å². The summed E-state index contributed by atoms with van der Waals surface area (Å²) in [5.74, 6) is -0.971. The number of phosphoric ester groups is 1. The predicted molar refractivity (Wildman–Crippen MR) is 95.0 cm³/mol. The van der Waals surface area contributed by atoms with Crippen molar-refractivity contribution in [2.45, 2.75) is 24.6 Å². The Balaban J connectivity index is 2.09. The van der Waals surface area contributed by atoms with Gasteiger partial charge in [0.2, 0.25) is 0 Å². The summed E-state index contributed by atoms with van der Waals surface area (Å²) in [6.07, 6.45) is -6.87. The molecule has 0 amide bonds. The second kappa shape index (κ2) is 9.29. The first-order valence-electron chi connectivity index (χ1n) is 7.28. The second-order valence-electron chi connectivity index (χ2n) is 5.53. The number of hydrogen-bond acceptors (Lipinski definition) is 10. The Morgan fingerprint density at radius 2 is 1.77 bits per heavy atom. The molecule has 0 aromatic carbocycles. The zero-order valence-electron chi connectivity index (χ0n) is 14.0. The van der Waals surface area contributed by atoms with Crippen LogP contribution in [0.5, 0.6) is 0 Å². The summed E-state index contributed by atoms with van der Waals surface area (Å²) < 4.78 is 77.9. The van der Waals surface area contributed by atoms with Crippen molar-refractivity contribution in [2.24, 2.45) is 0 Å². The lowest BCUT2D eigenvalue weighted by Crippen LogP contribution is -2.30. The fourth-order valence-electron chi connectivity index (χ4n) is 2.19. The Hall–Kier alpha value is -0.290. The largest absolute Gasteiger partial charge is 0.490 e. The van der Waals surface area contributed by atoms with Gasteiger partial charge in [0.15, 0.2) is 23.0 Å². The molecular formula is C9H13F2N2O12P3S2. The molecule has 0 bridgehead atoms. The minimum absolute atomic E-state index is 0.244. The fraction of sp³-hybridized carbons (Fsp3) is 0.556. The summed E-state index contributed by atoms with van der Waals surface area (Å²) in [6, 6.07) is 0. The van der Waals surface area contributed by atoms with Gasteiger partial charge in [0.1, 0.15) is 16.8 Å². The van der Waals surface area contributed by atoms with Crippen LogP contribution < -0.4 is 0 Å². The highest BCUT2D eigenvalue weighted by molar-refractivity contribution is 7.72. The first kappa shape index (κ1) is 26.0. The number of aromatic amines is 1. The van der Waals surface area contributed by atoms with E-state index in [-0.39, 0.29) is 9.41 Å². The number of aliphatic hydroxyl groups is 1. The number of aromatic nitrogens is 2. The highest BCUT2D eigenvalue weighted by atomic mass is 32.1. The van der Waals surface area contributed by atoms with Gasteiger partial charge in [0.05, 0.1) is 6.61 Å². The van der Waals surface area contributed by atoms with Gasteiger partial charge in [-0.1, -0.05) is 12.2 Å². The number of rotatable bonds is 8. The van der Waals surface area contributed by atoms with Crippen molar-refractivity contribution in [3.63, 3.8) is 0 Å². The van der Waals surface area contributed by atoms with Crippen molar-refractivity contribution in [1.82, 2.24) is 9.55 Å². The Labute approximate surface area is 175 Å². The highest BCUT2D eigenvalue weighted by Gasteiger charge is 2.47. The van der Waals surface area contributed by atoms with Crippen LogP contribution in [0.1, 0.15) is 6.23 Å². The van der Waals surface area contributed by atoms with Crippen molar-refractivity contribution < 1.29 is 65.0 Å². The van der Waals surface area contributed by atoms with Gasteiger partial charge in [0.25, 0.3) is 0 Å². The predicted octanol–water partition coefficient (Wildman–Crippen LogP) is 1.35. The van der Waals surface area contributed by atoms with E-state index < -0.39 is 60.5 Å². The van der Waals surface area contributed by atoms with E-state index in [4.69, 9.17) is 31.6 Å². The summed E-state index contributed by atoms with van der Waals surface area (Å²) in [6.45, 7) is -1.16. The molecule has 21 heteroatoms. The van der Waals surface area contributed by atoms with Crippen molar-refractivity contribution in [3.05, 3.63) is 21.4 Å². The quantitative estimate of drug-likeness (QED) is 0.205. The van der Waals surface area contributed by atoms with Crippen molar-refractivity contribution >= 4 is 47.9 Å². The average Bonchev–Trinajstić information content (AvgIpc) is 2.81. The molecule has 0 radical (unpaired) electrons. The molecule has 6 N–H and O–H groups in total. The van der Waals surface area contributed by atoms with Crippen LogP contribution in [0.2, 0.25) is 0 Å². The number of nitrogens with zero attached hydrogens (tertiary/aromatic N) is 1. The van der Waals surface area contributed by atoms with Crippen LogP contribution in [-0.4, -0.2) is 59.2 Å². The third-order valence-corrected chi connectivity index (χ3v) is 7.72. The first-order valence-corrected chi connectivity index (χ1v) is 12.6. The smallest absolute Gasteiger partial charge is 0.385 e. The lowest BCUT2D eigenvalue weighted by molar-refractivity contribution is -0.0525. The van der Waals surface area contributed by atoms with Crippen LogP contribution in [0.4, 0.5) is 8.78 Å². The molecule has 1 aliphatic heterocycles. The Morgan fingerprint density at radius 1 is 1.17 bits per heavy atom. The molecule has 1 aliphatic rings. The lowest BCUT2D eigenvalue weighted by Gasteiger charge is -2.19. The third-order valence-electron chi connectivity index (χ3n) is 3.30. The third kappa shape index (κ3) is 6.85. The summed E-state index contributed by atoms with van der Waals surface area (Å²) in [4.78, 5) is 37.5. The van der Waals surface area contributed by atoms with Crippen LogP contribution in [0.25, 0.3) is 0 Å². The molecule has 2 heterocycles. The zero-order valence-corrected chi connectivity index (χ0v) is 18.4. The number of H-pyrrole nitrogens is 1. The molecule has 0 spiro atoms. The van der Waals surface area contributed by atoms with Gasteiger partial charge in [0, 0.05) is 6.20 Å². The van der Waals surface area contributed by atoms with Gasteiger partial charge in [-0.15, -0.1) is 0 Å². The Kier molecular flexibility index (Phi) is 8.04. The maximum atomic E-state index is 14.3. The average molecular weight is 536 g/mol. The summed E-state index contributed by atoms with van der Waals surface area (Å²) in [7, 11) is -16.9. The molecule has 1 saturated heterocycles. The Morgan fingerprint density at radius 3 is 2.33 bits per heavy atom.